The second-order valence-corrected chi connectivity index (χ2v) is 5.31. The van der Waals surface area contributed by atoms with Crippen molar-refractivity contribution in [1.29, 1.82) is 0 Å². The Morgan fingerprint density at radius 2 is 2.16 bits per heavy atom. The fraction of sp³-hybridized carbons (Fsp3) is 0.467. The van der Waals surface area contributed by atoms with Crippen LogP contribution in [0.25, 0.3) is 11.1 Å². The molecule has 19 heavy (non-hydrogen) atoms. The van der Waals surface area contributed by atoms with E-state index in [9.17, 15) is 9.90 Å². The van der Waals surface area contributed by atoms with Crippen molar-refractivity contribution in [2.24, 2.45) is 5.92 Å². The van der Waals surface area contributed by atoms with Gasteiger partial charge in [0.1, 0.15) is 5.52 Å². The predicted octanol–water partition coefficient (Wildman–Crippen LogP) is 3.49. The molecule has 0 radical (unpaired) electrons. The summed E-state index contributed by atoms with van der Waals surface area (Å²) in [6.07, 6.45) is 3.60. The lowest BCUT2D eigenvalue weighted by molar-refractivity contribution is -0.143. The van der Waals surface area contributed by atoms with Crippen LogP contribution < -0.4 is 0 Å². The number of rotatable bonds is 2. The van der Waals surface area contributed by atoms with Crippen molar-refractivity contribution in [3.63, 3.8) is 0 Å². The van der Waals surface area contributed by atoms with Crippen molar-refractivity contribution in [2.45, 2.75) is 38.5 Å². The summed E-state index contributed by atoms with van der Waals surface area (Å²) in [5, 5.41) is 9.33. The maximum atomic E-state index is 11.4. The molecule has 0 aliphatic heterocycles. The molecule has 3 rings (SSSR count). The molecule has 1 aliphatic rings. The molecule has 1 fully saturated rings. The molecule has 1 heterocycles. The Hall–Kier alpha value is -1.84. The number of hydrogen-bond acceptors (Lipinski definition) is 3. The molecular formula is C15H17NO3. The van der Waals surface area contributed by atoms with Gasteiger partial charge >= 0.3 is 5.97 Å². The highest BCUT2D eigenvalue weighted by Crippen LogP contribution is 2.38. The van der Waals surface area contributed by atoms with Crippen molar-refractivity contribution in [2.75, 3.05) is 0 Å². The Bertz CT molecular complexity index is 617. The molecule has 0 saturated heterocycles. The number of nitrogens with zero attached hydrogens (tertiary/aromatic N) is 1. The third-order valence-electron chi connectivity index (χ3n) is 4.04. The normalized spacial score (nSPS) is 23.6. The van der Waals surface area contributed by atoms with Crippen LogP contribution in [-0.4, -0.2) is 16.1 Å². The Morgan fingerprint density at radius 3 is 2.89 bits per heavy atom. The molecule has 0 amide bonds. The number of fused-ring (bicyclic) bond motifs is 1. The van der Waals surface area contributed by atoms with Gasteiger partial charge in [0.2, 0.25) is 0 Å². The van der Waals surface area contributed by atoms with E-state index in [4.69, 9.17) is 4.42 Å². The van der Waals surface area contributed by atoms with Crippen LogP contribution in [0.1, 0.15) is 43.1 Å². The average molecular weight is 259 g/mol. The monoisotopic (exact) mass is 259 g/mol. The topological polar surface area (TPSA) is 63.3 Å². The van der Waals surface area contributed by atoms with Crippen LogP contribution in [0.4, 0.5) is 0 Å². The number of aryl methyl sites for hydroxylation is 1. The predicted molar refractivity (Wildman–Crippen MR) is 71.1 cm³/mol. The fourth-order valence-electron chi connectivity index (χ4n) is 2.98. The van der Waals surface area contributed by atoms with Gasteiger partial charge in [-0.15, -0.1) is 0 Å². The van der Waals surface area contributed by atoms with Gasteiger partial charge in [0.05, 0.1) is 5.92 Å². The minimum atomic E-state index is -0.733. The van der Waals surface area contributed by atoms with E-state index in [0.29, 0.717) is 5.89 Å². The quantitative estimate of drug-likeness (QED) is 0.896. The van der Waals surface area contributed by atoms with Crippen LogP contribution in [0.5, 0.6) is 0 Å². The molecule has 2 unspecified atom stereocenters. The van der Waals surface area contributed by atoms with Crippen LogP contribution in [0.15, 0.2) is 22.6 Å². The minimum absolute atomic E-state index is 0.0851. The molecule has 2 atom stereocenters. The number of oxazole rings is 1. The standard InChI is InChI=1S/C15H17NO3/c1-9-5-4-8-12-13(9)16-14(19-12)10-6-2-3-7-11(10)15(17)18/h4-5,8,10-11H,2-3,6-7H2,1H3,(H,17,18). The Labute approximate surface area is 111 Å². The van der Waals surface area contributed by atoms with E-state index in [1.54, 1.807) is 0 Å². The van der Waals surface area contributed by atoms with Gasteiger partial charge < -0.3 is 9.52 Å². The maximum absolute atomic E-state index is 11.4. The SMILES string of the molecule is Cc1cccc2oc(C3CCCCC3C(=O)O)nc12. The van der Waals surface area contributed by atoms with Gasteiger partial charge in [-0.05, 0) is 31.4 Å². The zero-order chi connectivity index (χ0) is 13.4. The van der Waals surface area contributed by atoms with Crippen LogP contribution in [0.3, 0.4) is 0 Å². The summed E-state index contributed by atoms with van der Waals surface area (Å²) in [6.45, 7) is 1.99. The molecule has 1 aromatic carbocycles. The van der Waals surface area contributed by atoms with Crippen molar-refractivity contribution in [1.82, 2.24) is 4.98 Å². The first-order valence-electron chi connectivity index (χ1n) is 6.75. The highest BCUT2D eigenvalue weighted by Gasteiger charge is 2.35. The third kappa shape index (κ3) is 2.11. The van der Waals surface area contributed by atoms with Crippen LogP contribution in [0.2, 0.25) is 0 Å². The molecule has 1 N–H and O–H groups in total. The number of aromatic nitrogens is 1. The zero-order valence-electron chi connectivity index (χ0n) is 10.9. The van der Waals surface area contributed by atoms with Gasteiger partial charge in [0, 0.05) is 5.92 Å². The summed E-state index contributed by atoms with van der Waals surface area (Å²) in [5.74, 6) is -0.583. The zero-order valence-corrected chi connectivity index (χ0v) is 10.9. The van der Waals surface area contributed by atoms with Crippen molar-refractivity contribution < 1.29 is 14.3 Å². The first-order chi connectivity index (χ1) is 9.16. The lowest BCUT2D eigenvalue weighted by Gasteiger charge is -2.25. The van der Waals surface area contributed by atoms with Gasteiger partial charge in [0.25, 0.3) is 0 Å². The van der Waals surface area contributed by atoms with Gasteiger partial charge in [-0.3, -0.25) is 4.79 Å². The summed E-state index contributed by atoms with van der Waals surface area (Å²) in [6, 6.07) is 5.81. The van der Waals surface area contributed by atoms with E-state index in [1.807, 2.05) is 25.1 Å². The number of carbonyl (C=O) groups is 1. The fourth-order valence-corrected chi connectivity index (χ4v) is 2.98. The summed E-state index contributed by atoms with van der Waals surface area (Å²) < 4.78 is 5.79. The second-order valence-electron chi connectivity index (χ2n) is 5.31. The van der Waals surface area contributed by atoms with E-state index in [2.05, 4.69) is 4.98 Å². The van der Waals surface area contributed by atoms with E-state index in [1.165, 1.54) is 0 Å². The molecule has 2 aromatic rings. The lowest BCUT2D eigenvalue weighted by Crippen LogP contribution is -2.25. The van der Waals surface area contributed by atoms with Gasteiger partial charge in [0.15, 0.2) is 11.5 Å². The van der Waals surface area contributed by atoms with Gasteiger partial charge in [-0.1, -0.05) is 25.0 Å². The van der Waals surface area contributed by atoms with Crippen molar-refractivity contribution in [3.8, 4) is 0 Å². The van der Waals surface area contributed by atoms with Crippen LogP contribution in [-0.2, 0) is 4.79 Å². The van der Waals surface area contributed by atoms with Crippen molar-refractivity contribution >= 4 is 17.1 Å². The van der Waals surface area contributed by atoms with Crippen LogP contribution >= 0.6 is 0 Å². The average Bonchev–Trinajstić information content (AvgIpc) is 2.84. The largest absolute Gasteiger partial charge is 0.481 e. The number of carboxylic acids is 1. The molecule has 4 nitrogen and oxygen atoms in total. The van der Waals surface area contributed by atoms with Gasteiger partial charge in [-0.25, -0.2) is 4.98 Å². The molecular weight excluding hydrogens is 242 g/mol. The van der Waals surface area contributed by atoms with Crippen molar-refractivity contribution in [3.05, 3.63) is 29.7 Å². The van der Waals surface area contributed by atoms with E-state index < -0.39 is 5.97 Å². The summed E-state index contributed by atoms with van der Waals surface area (Å²) in [7, 11) is 0. The Balaban J connectivity index is 2.02. The summed E-state index contributed by atoms with van der Waals surface area (Å²) in [4.78, 5) is 15.9. The molecule has 1 saturated carbocycles. The Morgan fingerprint density at radius 1 is 1.37 bits per heavy atom. The molecule has 1 aliphatic carbocycles. The third-order valence-corrected chi connectivity index (χ3v) is 4.04. The highest BCUT2D eigenvalue weighted by molar-refractivity contribution is 5.77. The number of benzene rings is 1. The Kier molecular flexibility index (Phi) is 3.01. The molecule has 100 valence electrons. The number of aliphatic carboxylic acids is 1. The minimum Gasteiger partial charge on any atom is -0.481 e. The number of carboxylic acid groups (broad SMARTS) is 1. The first-order valence-corrected chi connectivity index (χ1v) is 6.75. The first kappa shape index (κ1) is 12.2. The number of hydrogen-bond donors (Lipinski definition) is 1. The lowest BCUT2D eigenvalue weighted by atomic mass is 9.79. The van der Waals surface area contributed by atoms with Crippen LogP contribution in [0, 0.1) is 12.8 Å². The van der Waals surface area contributed by atoms with E-state index in [0.717, 1.165) is 42.3 Å². The molecule has 1 aromatic heterocycles. The summed E-state index contributed by atoms with van der Waals surface area (Å²) >= 11 is 0. The molecule has 0 spiro atoms. The summed E-state index contributed by atoms with van der Waals surface area (Å²) in [5.41, 5.74) is 2.67. The maximum Gasteiger partial charge on any atom is 0.307 e. The molecule has 0 bridgehead atoms. The van der Waals surface area contributed by atoms with Gasteiger partial charge in [-0.2, -0.15) is 0 Å². The second kappa shape index (κ2) is 4.68. The highest BCUT2D eigenvalue weighted by atomic mass is 16.4. The molecule has 4 heteroatoms. The van der Waals surface area contributed by atoms with E-state index >= 15 is 0 Å². The smallest absolute Gasteiger partial charge is 0.307 e. The number of para-hydroxylation sites is 1. The van der Waals surface area contributed by atoms with E-state index in [-0.39, 0.29) is 11.8 Å².